The third-order valence-electron chi connectivity index (χ3n) is 3.97. The van der Waals surface area contributed by atoms with E-state index in [1.807, 2.05) is 10.8 Å². The van der Waals surface area contributed by atoms with Crippen molar-refractivity contribution < 1.29 is 18.0 Å². The van der Waals surface area contributed by atoms with Crippen LogP contribution in [0.15, 0.2) is 43.0 Å². The molecule has 0 aliphatic rings. The summed E-state index contributed by atoms with van der Waals surface area (Å²) < 4.78 is 27.2. The van der Waals surface area contributed by atoms with E-state index in [2.05, 4.69) is 10.3 Å². The predicted octanol–water partition coefficient (Wildman–Crippen LogP) is 0.557. The Morgan fingerprint density at radius 1 is 1.18 bits per heavy atom. The van der Waals surface area contributed by atoms with E-state index in [1.54, 1.807) is 38.8 Å². The molecule has 0 bridgehead atoms. The second kappa shape index (κ2) is 9.36. The Hall–Kier alpha value is -2.88. The SMILES string of the molecule is CN(C)C(=O)c1ccc(N(CC(=O)NCCCn2ccnc2)S(C)(=O)=O)cc1. The summed E-state index contributed by atoms with van der Waals surface area (Å²) in [7, 11) is -0.394. The van der Waals surface area contributed by atoms with Crippen molar-refractivity contribution in [2.45, 2.75) is 13.0 Å². The maximum absolute atomic E-state index is 12.2. The fraction of sp³-hybridized carbons (Fsp3) is 0.389. The molecule has 2 rings (SSSR count). The summed E-state index contributed by atoms with van der Waals surface area (Å²) >= 11 is 0. The van der Waals surface area contributed by atoms with Crippen molar-refractivity contribution in [2.24, 2.45) is 0 Å². The molecule has 1 N–H and O–H groups in total. The first kappa shape index (κ1) is 21.4. The Bertz CT molecular complexity index is 893. The van der Waals surface area contributed by atoms with Crippen LogP contribution < -0.4 is 9.62 Å². The van der Waals surface area contributed by atoms with Gasteiger partial charge in [0.1, 0.15) is 6.54 Å². The number of carbonyl (C=O) groups is 2. The van der Waals surface area contributed by atoms with Crippen molar-refractivity contribution in [1.29, 1.82) is 0 Å². The average molecular weight is 407 g/mol. The molecular formula is C18H25N5O4S. The molecule has 2 amide bonds. The van der Waals surface area contributed by atoms with Gasteiger partial charge in [0.2, 0.25) is 15.9 Å². The summed E-state index contributed by atoms with van der Waals surface area (Å²) in [6, 6.07) is 6.12. The minimum absolute atomic E-state index is 0.187. The lowest BCUT2D eigenvalue weighted by Crippen LogP contribution is -2.40. The van der Waals surface area contributed by atoms with Crippen LogP contribution in [0.3, 0.4) is 0 Å². The van der Waals surface area contributed by atoms with E-state index < -0.39 is 15.9 Å². The van der Waals surface area contributed by atoms with Crippen LogP contribution in [-0.2, 0) is 21.4 Å². The Morgan fingerprint density at radius 3 is 2.39 bits per heavy atom. The summed E-state index contributed by atoms with van der Waals surface area (Å²) in [6.45, 7) is 0.799. The van der Waals surface area contributed by atoms with E-state index in [9.17, 15) is 18.0 Å². The molecule has 28 heavy (non-hydrogen) atoms. The first-order valence-electron chi connectivity index (χ1n) is 8.70. The van der Waals surface area contributed by atoms with Gasteiger partial charge >= 0.3 is 0 Å². The van der Waals surface area contributed by atoms with Crippen LogP contribution in [0, 0.1) is 0 Å². The van der Waals surface area contributed by atoms with Crippen LogP contribution in [0.1, 0.15) is 16.8 Å². The van der Waals surface area contributed by atoms with Gasteiger partial charge in [0.25, 0.3) is 5.91 Å². The molecule has 0 saturated carbocycles. The fourth-order valence-corrected chi connectivity index (χ4v) is 3.38. The van der Waals surface area contributed by atoms with E-state index in [-0.39, 0.29) is 12.5 Å². The maximum Gasteiger partial charge on any atom is 0.253 e. The number of aromatic nitrogens is 2. The van der Waals surface area contributed by atoms with Gasteiger partial charge in [-0.2, -0.15) is 0 Å². The normalized spacial score (nSPS) is 11.1. The second-order valence-electron chi connectivity index (χ2n) is 6.52. The quantitative estimate of drug-likeness (QED) is 0.612. The summed E-state index contributed by atoms with van der Waals surface area (Å²) in [6.07, 6.45) is 6.94. The van der Waals surface area contributed by atoms with E-state index in [0.29, 0.717) is 30.8 Å². The first-order valence-corrected chi connectivity index (χ1v) is 10.5. The predicted molar refractivity (Wildman–Crippen MR) is 107 cm³/mol. The zero-order valence-corrected chi connectivity index (χ0v) is 17.0. The highest BCUT2D eigenvalue weighted by atomic mass is 32.2. The average Bonchev–Trinajstić information content (AvgIpc) is 3.15. The number of anilines is 1. The zero-order valence-electron chi connectivity index (χ0n) is 16.2. The van der Waals surface area contributed by atoms with Gasteiger partial charge in [-0.15, -0.1) is 0 Å². The maximum atomic E-state index is 12.2. The number of sulfonamides is 1. The standard InChI is InChI=1S/C18H25N5O4S/c1-21(2)18(25)15-5-7-16(8-6-15)23(28(3,26)27)13-17(24)20-9-4-11-22-12-10-19-14-22/h5-8,10,12,14H,4,9,11,13H2,1-3H3,(H,20,24). The van der Waals surface area contributed by atoms with Crippen molar-refractivity contribution in [3.8, 4) is 0 Å². The Balaban J connectivity index is 1.97. The van der Waals surface area contributed by atoms with E-state index in [0.717, 1.165) is 10.6 Å². The van der Waals surface area contributed by atoms with Gasteiger partial charge in [0, 0.05) is 45.1 Å². The zero-order chi connectivity index (χ0) is 20.7. The van der Waals surface area contributed by atoms with Gasteiger partial charge in [-0.25, -0.2) is 13.4 Å². The number of imidazole rings is 1. The van der Waals surface area contributed by atoms with Crippen LogP contribution in [0.4, 0.5) is 5.69 Å². The van der Waals surface area contributed by atoms with Gasteiger partial charge in [0.15, 0.2) is 0 Å². The summed E-state index contributed by atoms with van der Waals surface area (Å²) in [5, 5.41) is 2.72. The van der Waals surface area contributed by atoms with Crippen molar-refractivity contribution in [3.05, 3.63) is 48.5 Å². The molecule has 10 heteroatoms. The fourth-order valence-electron chi connectivity index (χ4n) is 2.52. The number of aryl methyl sites for hydroxylation is 1. The molecule has 1 heterocycles. The number of nitrogens with one attached hydrogen (secondary N) is 1. The number of nitrogens with zero attached hydrogens (tertiary/aromatic N) is 4. The van der Waals surface area contributed by atoms with Crippen LogP contribution in [0.2, 0.25) is 0 Å². The van der Waals surface area contributed by atoms with Gasteiger partial charge in [-0.05, 0) is 30.7 Å². The number of amides is 2. The van der Waals surface area contributed by atoms with Crippen LogP contribution in [0.5, 0.6) is 0 Å². The second-order valence-corrected chi connectivity index (χ2v) is 8.43. The Morgan fingerprint density at radius 2 is 1.86 bits per heavy atom. The molecule has 0 aliphatic carbocycles. The highest BCUT2D eigenvalue weighted by molar-refractivity contribution is 7.92. The Kier molecular flexibility index (Phi) is 7.16. The molecule has 0 radical (unpaired) electrons. The third kappa shape index (κ3) is 6.08. The van der Waals surface area contributed by atoms with Gasteiger partial charge < -0.3 is 14.8 Å². The minimum atomic E-state index is -3.66. The Labute approximate surface area is 165 Å². The largest absolute Gasteiger partial charge is 0.354 e. The topological polar surface area (TPSA) is 105 Å². The highest BCUT2D eigenvalue weighted by Gasteiger charge is 2.21. The molecule has 0 spiro atoms. The number of hydrogen-bond donors (Lipinski definition) is 1. The van der Waals surface area contributed by atoms with E-state index in [4.69, 9.17) is 0 Å². The first-order chi connectivity index (χ1) is 13.2. The summed E-state index contributed by atoms with van der Waals surface area (Å²) in [5.74, 6) is -0.586. The van der Waals surface area contributed by atoms with E-state index in [1.165, 1.54) is 17.0 Å². The van der Waals surface area contributed by atoms with E-state index >= 15 is 0 Å². The third-order valence-corrected chi connectivity index (χ3v) is 5.11. The molecule has 0 unspecified atom stereocenters. The highest BCUT2D eigenvalue weighted by Crippen LogP contribution is 2.18. The molecule has 0 fully saturated rings. The molecule has 0 saturated heterocycles. The lowest BCUT2D eigenvalue weighted by molar-refractivity contribution is -0.119. The van der Waals surface area contributed by atoms with Crippen LogP contribution in [-0.4, -0.2) is 68.1 Å². The smallest absolute Gasteiger partial charge is 0.253 e. The lowest BCUT2D eigenvalue weighted by Gasteiger charge is -2.22. The van der Waals surface area contributed by atoms with Crippen LogP contribution >= 0.6 is 0 Å². The molecule has 1 aromatic heterocycles. The van der Waals surface area contributed by atoms with Crippen molar-refractivity contribution in [2.75, 3.05) is 37.7 Å². The number of hydrogen-bond acceptors (Lipinski definition) is 5. The molecule has 1 aromatic carbocycles. The number of benzene rings is 1. The molecule has 9 nitrogen and oxygen atoms in total. The van der Waals surface area contributed by atoms with Gasteiger partial charge in [0.05, 0.1) is 18.3 Å². The van der Waals surface area contributed by atoms with Crippen molar-refractivity contribution >= 4 is 27.5 Å². The minimum Gasteiger partial charge on any atom is -0.354 e. The molecular weight excluding hydrogens is 382 g/mol. The van der Waals surface area contributed by atoms with Crippen molar-refractivity contribution in [1.82, 2.24) is 19.8 Å². The molecule has 0 aliphatic heterocycles. The summed E-state index contributed by atoms with van der Waals surface area (Å²) in [4.78, 5) is 29.5. The lowest BCUT2D eigenvalue weighted by atomic mass is 10.2. The number of carbonyl (C=O) groups excluding carboxylic acids is 2. The van der Waals surface area contributed by atoms with Crippen LogP contribution in [0.25, 0.3) is 0 Å². The van der Waals surface area contributed by atoms with Gasteiger partial charge in [-0.1, -0.05) is 0 Å². The summed E-state index contributed by atoms with van der Waals surface area (Å²) in [5.41, 5.74) is 0.762. The number of rotatable bonds is 9. The van der Waals surface area contributed by atoms with Gasteiger partial charge in [-0.3, -0.25) is 13.9 Å². The molecule has 2 aromatic rings. The monoisotopic (exact) mass is 407 g/mol. The molecule has 0 atom stereocenters. The van der Waals surface area contributed by atoms with Crippen molar-refractivity contribution in [3.63, 3.8) is 0 Å². The molecule has 152 valence electrons.